The summed E-state index contributed by atoms with van der Waals surface area (Å²) in [5.74, 6) is 0. The zero-order valence-electron chi connectivity index (χ0n) is 21.3. The maximum Gasteiger partial charge on any atom is -0.0276 e. The van der Waals surface area contributed by atoms with Crippen molar-refractivity contribution in [1.82, 2.24) is 0 Å². The molecule has 0 unspecified atom stereocenters. The molecule has 0 saturated carbocycles. The van der Waals surface area contributed by atoms with Crippen molar-refractivity contribution in [3.8, 4) is 0 Å². The van der Waals surface area contributed by atoms with Crippen LogP contribution in [-0.4, -0.2) is 0 Å². The van der Waals surface area contributed by atoms with E-state index in [9.17, 15) is 0 Å². The van der Waals surface area contributed by atoms with Crippen molar-refractivity contribution in [2.24, 2.45) is 0 Å². The molecule has 0 nitrogen and oxygen atoms in total. The maximum atomic E-state index is 2.29. The Bertz CT molecular complexity index is 637. The van der Waals surface area contributed by atoms with Gasteiger partial charge in [-0.3, -0.25) is 0 Å². The summed E-state index contributed by atoms with van der Waals surface area (Å²) in [5.41, 5.74) is 6.01. The summed E-state index contributed by atoms with van der Waals surface area (Å²) >= 11 is 0. The van der Waals surface area contributed by atoms with E-state index in [0.717, 1.165) is 0 Å². The minimum absolute atomic E-state index is 1.26. The largest absolute Gasteiger partial charge is 0.0620 e. The molecule has 0 amide bonds. The fourth-order valence-corrected chi connectivity index (χ4v) is 4.89. The fourth-order valence-electron chi connectivity index (χ4n) is 4.89. The number of rotatable bonds is 19. The van der Waals surface area contributed by atoms with E-state index in [1.165, 1.54) is 127 Å². The van der Waals surface area contributed by atoms with Crippen LogP contribution in [0.3, 0.4) is 0 Å². The highest BCUT2D eigenvalue weighted by Gasteiger charge is 1.99. The average Bonchev–Trinajstić information content (AvgIpc) is 2.80. The molecule has 2 aromatic carbocycles. The molecule has 0 heterocycles. The molecule has 0 N–H and O–H groups in total. The lowest BCUT2D eigenvalue weighted by Gasteiger charge is -2.06. The van der Waals surface area contributed by atoms with Crippen LogP contribution in [-0.2, 0) is 12.8 Å². The van der Waals surface area contributed by atoms with E-state index in [2.05, 4.69) is 62.4 Å². The maximum absolute atomic E-state index is 2.29. The predicted molar refractivity (Wildman–Crippen MR) is 144 cm³/mol. The van der Waals surface area contributed by atoms with Gasteiger partial charge in [-0.05, 0) is 61.8 Å². The van der Waals surface area contributed by atoms with E-state index in [0.29, 0.717) is 0 Å². The van der Waals surface area contributed by atoms with Crippen LogP contribution in [0.2, 0.25) is 0 Å². The lowest BCUT2D eigenvalue weighted by atomic mass is 10.0. The normalized spacial score (nSPS) is 11.2. The smallest absolute Gasteiger partial charge is 0.0276 e. The van der Waals surface area contributed by atoms with Crippen molar-refractivity contribution in [3.63, 3.8) is 0 Å². The average molecular weight is 435 g/mol. The van der Waals surface area contributed by atoms with Gasteiger partial charge in [-0.2, -0.15) is 0 Å². The Kier molecular flexibility index (Phi) is 15.0. The molecule has 2 rings (SSSR count). The SMILES string of the molecule is Cc1ccccc1CCCCCCCCCCCCCCCCCCc1ccccc1C. The molecule has 178 valence electrons. The molecule has 0 spiro atoms. The molecule has 0 aliphatic carbocycles. The topological polar surface area (TPSA) is 0 Å². The van der Waals surface area contributed by atoms with Gasteiger partial charge in [0.25, 0.3) is 0 Å². The minimum Gasteiger partial charge on any atom is -0.0620 e. The second-order valence-electron chi connectivity index (χ2n) is 10.0. The molecule has 0 bridgehead atoms. The van der Waals surface area contributed by atoms with Crippen molar-refractivity contribution >= 4 is 0 Å². The lowest BCUT2D eigenvalue weighted by Crippen LogP contribution is -1.90. The van der Waals surface area contributed by atoms with E-state index in [1.807, 2.05) is 0 Å². The van der Waals surface area contributed by atoms with Crippen LogP contribution in [0, 0.1) is 13.8 Å². The first-order valence-electron chi connectivity index (χ1n) is 13.9. The lowest BCUT2D eigenvalue weighted by molar-refractivity contribution is 0.527. The summed E-state index contributed by atoms with van der Waals surface area (Å²) in [7, 11) is 0. The van der Waals surface area contributed by atoms with Gasteiger partial charge in [0.05, 0.1) is 0 Å². The van der Waals surface area contributed by atoms with Gasteiger partial charge in [-0.15, -0.1) is 0 Å². The third-order valence-electron chi connectivity index (χ3n) is 7.16. The molecule has 0 heteroatoms. The molecule has 0 aliphatic heterocycles. The molecular weight excluding hydrogens is 384 g/mol. The van der Waals surface area contributed by atoms with Crippen LogP contribution in [0.5, 0.6) is 0 Å². The zero-order chi connectivity index (χ0) is 22.7. The van der Waals surface area contributed by atoms with Gasteiger partial charge >= 0.3 is 0 Å². The molecule has 2 aromatic rings. The van der Waals surface area contributed by atoms with Crippen molar-refractivity contribution in [2.75, 3.05) is 0 Å². The summed E-state index contributed by atoms with van der Waals surface area (Å²) in [6, 6.07) is 17.7. The predicted octanol–water partition coefficient (Wildman–Crippen LogP) is 10.3. The van der Waals surface area contributed by atoms with E-state index in [1.54, 1.807) is 11.1 Å². The van der Waals surface area contributed by atoms with Crippen LogP contribution in [0.4, 0.5) is 0 Å². The van der Waals surface area contributed by atoms with Crippen molar-refractivity contribution in [2.45, 2.75) is 129 Å². The van der Waals surface area contributed by atoms with Crippen LogP contribution in [0.15, 0.2) is 48.5 Å². The number of benzene rings is 2. The summed E-state index contributed by atoms with van der Waals surface area (Å²) in [6.45, 7) is 4.48. The number of unbranched alkanes of at least 4 members (excludes halogenated alkanes) is 15. The van der Waals surface area contributed by atoms with Crippen molar-refractivity contribution in [3.05, 3.63) is 70.8 Å². The van der Waals surface area contributed by atoms with E-state index in [-0.39, 0.29) is 0 Å². The van der Waals surface area contributed by atoms with Crippen LogP contribution in [0.25, 0.3) is 0 Å². The van der Waals surface area contributed by atoms with Gasteiger partial charge in [0.15, 0.2) is 0 Å². The third-order valence-corrected chi connectivity index (χ3v) is 7.16. The summed E-state index contributed by atoms with van der Waals surface area (Å²) in [4.78, 5) is 0. The summed E-state index contributed by atoms with van der Waals surface area (Å²) in [5, 5.41) is 0. The molecular formula is C32H50. The Morgan fingerprint density at radius 1 is 0.344 bits per heavy atom. The summed E-state index contributed by atoms with van der Waals surface area (Å²) < 4.78 is 0. The van der Waals surface area contributed by atoms with Crippen LogP contribution in [0.1, 0.15) is 125 Å². The van der Waals surface area contributed by atoms with E-state index < -0.39 is 0 Å². The van der Waals surface area contributed by atoms with Crippen molar-refractivity contribution in [1.29, 1.82) is 0 Å². The van der Waals surface area contributed by atoms with Crippen molar-refractivity contribution < 1.29 is 0 Å². The van der Waals surface area contributed by atoms with Crippen LogP contribution >= 0.6 is 0 Å². The number of hydrogen-bond acceptors (Lipinski definition) is 0. The monoisotopic (exact) mass is 434 g/mol. The molecule has 0 saturated heterocycles. The second kappa shape index (κ2) is 17.9. The Labute approximate surface area is 200 Å². The van der Waals surface area contributed by atoms with Gasteiger partial charge in [0, 0.05) is 0 Å². The first-order valence-corrected chi connectivity index (χ1v) is 13.9. The molecule has 0 fully saturated rings. The molecule has 32 heavy (non-hydrogen) atoms. The Hall–Kier alpha value is -1.56. The zero-order valence-corrected chi connectivity index (χ0v) is 21.3. The quantitative estimate of drug-likeness (QED) is 0.193. The van der Waals surface area contributed by atoms with Gasteiger partial charge < -0.3 is 0 Å². The van der Waals surface area contributed by atoms with E-state index >= 15 is 0 Å². The minimum atomic E-state index is 1.26. The van der Waals surface area contributed by atoms with E-state index in [4.69, 9.17) is 0 Å². The standard InChI is InChI=1S/C32H50/c1-29-23-19-21-27-31(29)25-17-15-13-11-9-7-5-3-4-6-8-10-12-14-16-18-26-32-28-22-20-24-30(32)2/h19-24,27-28H,3-18,25-26H2,1-2H3. The third kappa shape index (κ3) is 12.5. The molecule has 0 atom stereocenters. The summed E-state index contributed by atoms with van der Waals surface area (Å²) in [6.07, 6.45) is 25.5. The molecule has 0 aromatic heterocycles. The van der Waals surface area contributed by atoms with Gasteiger partial charge in [0.1, 0.15) is 0 Å². The van der Waals surface area contributed by atoms with Gasteiger partial charge in [-0.1, -0.05) is 138 Å². The molecule has 0 aliphatic rings. The first-order chi connectivity index (χ1) is 15.8. The highest BCUT2D eigenvalue weighted by atomic mass is 14.0. The van der Waals surface area contributed by atoms with Gasteiger partial charge in [0.2, 0.25) is 0 Å². The Morgan fingerprint density at radius 2 is 0.594 bits per heavy atom. The highest BCUT2D eigenvalue weighted by Crippen LogP contribution is 2.16. The van der Waals surface area contributed by atoms with Crippen LogP contribution < -0.4 is 0 Å². The number of hydrogen-bond donors (Lipinski definition) is 0. The Morgan fingerprint density at radius 3 is 0.875 bits per heavy atom. The number of aryl methyl sites for hydroxylation is 4. The highest BCUT2D eigenvalue weighted by molar-refractivity contribution is 5.26. The molecule has 0 radical (unpaired) electrons. The second-order valence-corrected chi connectivity index (χ2v) is 10.0. The van der Waals surface area contributed by atoms with Gasteiger partial charge in [-0.25, -0.2) is 0 Å². The first kappa shape index (κ1) is 26.7. The Balaban J connectivity index is 1.26. The fraction of sp³-hybridized carbons (Fsp3) is 0.625.